The van der Waals surface area contributed by atoms with E-state index in [4.69, 9.17) is 10.00 Å². The van der Waals surface area contributed by atoms with Crippen molar-refractivity contribution in [2.45, 2.75) is 26.9 Å². The van der Waals surface area contributed by atoms with Gasteiger partial charge in [-0.05, 0) is 42.2 Å². The van der Waals surface area contributed by atoms with Gasteiger partial charge < -0.3 is 4.74 Å². The maximum Gasteiger partial charge on any atom is 0.122 e. The molecule has 2 nitrogen and oxygen atoms in total. The van der Waals surface area contributed by atoms with E-state index in [-0.39, 0.29) is 0 Å². The van der Waals surface area contributed by atoms with Crippen molar-refractivity contribution in [1.82, 2.24) is 0 Å². The van der Waals surface area contributed by atoms with Crippen LogP contribution in [0, 0.1) is 25.2 Å². The summed E-state index contributed by atoms with van der Waals surface area (Å²) in [5.41, 5.74) is 4.43. The number of rotatable bonds is 4. The highest BCUT2D eigenvalue weighted by Gasteiger charge is 2.04. The molecule has 96 valence electrons. The van der Waals surface area contributed by atoms with Gasteiger partial charge in [-0.2, -0.15) is 5.26 Å². The van der Waals surface area contributed by atoms with Gasteiger partial charge in [0.15, 0.2) is 0 Å². The van der Waals surface area contributed by atoms with E-state index in [0.29, 0.717) is 13.0 Å². The van der Waals surface area contributed by atoms with Crippen LogP contribution in [0.1, 0.15) is 22.3 Å². The first-order valence-corrected chi connectivity index (χ1v) is 6.34. The van der Waals surface area contributed by atoms with Crippen molar-refractivity contribution < 1.29 is 4.74 Å². The minimum absolute atomic E-state index is 0.423. The predicted molar refractivity (Wildman–Crippen MR) is 76.0 cm³/mol. The smallest absolute Gasteiger partial charge is 0.122 e. The monoisotopic (exact) mass is 251 g/mol. The third-order valence-electron chi connectivity index (χ3n) is 3.11. The van der Waals surface area contributed by atoms with Crippen LogP contribution in [0.3, 0.4) is 0 Å². The van der Waals surface area contributed by atoms with Crippen LogP contribution in [-0.2, 0) is 13.0 Å². The van der Waals surface area contributed by atoms with E-state index in [2.05, 4.69) is 25.1 Å². The normalized spacial score (nSPS) is 9.95. The van der Waals surface area contributed by atoms with E-state index < -0.39 is 0 Å². The molecule has 0 bridgehead atoms. The number of hydrogen-bond donors (Lipinski definition) is 0. The first kappa shape index (κ1) is 13.2. The summed E-state index contributed by atoms with van der Waals surface area (Å²) in [4.78, 5) is 0. The summed E-state index contributed by atoms with van der Waals surface area (Å²) in [5, 5.41) is 8.82. The number of nitriles is 1. The standard InChI is InChI=1S/C17H17NO/c1-13-7-8-14(2)17(11-13)19-12-16-6-4-3-5-15(16)9-10-18/h3-8,11H,9,12H2,1-2H3. The van der Waals surface area contributed by atoms with Gasteiger partial charge in [0.25, 0.3) is 0 Å². The van der Waals surface area contributed by atoms with Gasteiger partial charge >= 0.3 is 0 Å². The fraction of sp³-hybridized carbons (Fsp3) is 0.235. The van der Waals surface area contributed by atoms with Crippen LogP contribution >= 0.6 is 0 Å². The summed E-state index contributed by atoms with van der Waals surface area (Å²) in [6.45, 7) is 4.59. The number of ether oxygens (including phenoxy) is 1. The van der Waals surface area contributed by atoms with Crippen molar-refractivity contribution in [2.24, 2.45) is 0 Å². The Bertz CT molecular complexity index is 611. The van der Waals surface area contributed by atoms with Gasteiger partial charge in [0.2, 0.25) is 0 Å². The van der Waals surface area contributed by atoms with Crippen molar-refractivity contribution in [3.63, 3.8) is 0 Å². The van der Waals surface area contributed by atoms with E-state index in [1.807, 2.05) is 37.3 Å². The topological polar surface area (TPSA) is 33.0 Å². The average Bonchev–Trinajstić information content (AvgIpc) is 2.42. The molecule has 2 aromatic rings. The molecule has 0 radical (unpaired) electrons. The highest BCUT2D eigenvalue weighted by Crippen LogP contribution is 2.21. The molecule has 0 spiro atoms. The van der Waals surface area contributed by atoms with Crippen LogP contribution in [0.2, 0.25) is 0 Å². The quantitative estimate of drug-likeness (QED) is 0.824. The Balaban J connectivity index is 2.15. The molecule has 19 heavy (non-hydrogen) atoms. The van der Waals surface area contributed by atoms with Gasteiger partial charge in [-0.1, -0.05) is 36.4 Å². The molecule has 0 fully saturated rings. The fourth-order valence-corrected chi connectivity index (χ4v) is 1.97. The Morgan fingerprint density at radius 3 is 2.53 bits per heavy atom. The van der Waals surface area contributed by atoms with Gasteiger partial charge in [0, 0.05) is 0 Å². The van der Waals surface area contributed by atoms with Gasteiger partial charge in [-0.25, -0.2) is 0 Å². The third-order valence-corrected chi connectivity index (χ3v) is 3.11. The van der Waals surface area contributed by atoms with Crippen molar-refractivity contribution in [3.05, 3.63) is 64.7 Å². The van der Waals surface area contributed by atoms with Crippen molar-refractivity contribution in [1.29, 1.82) is 5.26 Å². The number of aryl methyl sites for hydroxylation is 2. The SMILES string of the molecule is Cc1ccc(C)c(OCc2ccccc2CC#N)c1. The molecule has 0 N–H and O–H groups in total. The number of nitrogens with zero attached hydrogens (tertiary/aromatic N) is 1. The van der Waals surface area contributed by atoms with Crippen LogP contribution in [0.5, 0.6) is 5.75 Å². The first-order chi connectivity index (χ1) is 9.20. The second kappa shape index (κ2) is 6.06. The lowest BCUT2D eigenvalue weighted by atomic mass is 10.1. The van der Waals surface area contributed by atoms with Gasteiger partial charge in [0.05, 0.1) is 12.5 Å². The molecule has 0 saturated heterocycles. The molecule has 2 aromatic carbocycles. The molecule has 2 heteroatoms. The Morgan fingerprint density at radius 2 is 1.79 bits per heavy atom. The van der Waals surface area contributed by atoms with E-state index in [1.165, 1.54) is 5.56 Å². The molecule has 0 heterocycles. The summed E-state index contributed by atoms with van der Waals surface area (Å²) in [5.74, 6) is 0.909. The molecule has 0 aliphatic heterocycles. The molecule has 0 aliphatic rings. The Kier molecular flexibility index (Phi) is 4.20. The van der Waals surface area contributed by atoms with Crippen LogP contribution in [0.4, 0.5) is 0 Å². The van der Waals surface area contributed by atoms with Crippen LogP contribution in [-0.4, -0.2) is 0 Å². The summed E-state index contributed by atoms with van der Waals surface area (Å²) >= 11 is 0. The zero-order valence-corrected chi connectivity index (χ0v) is 11.3. The molecular weight excluding hydrogens is 234 g/mol. The average molecular weight is 251 g/mol. The molecule has 0 saturated carbocycles. The minimum Gasteiger partial charge on any atom is -0.489 e. The van der Waals surface area contributed by atoms with Crippen LogP contribution < -0.4 is 4.74 Å². The lowest BCUT2D eigenvalue weighted by Gasteiger charge is -2.12. The Morgan fingerprint density at radius 1 is 1.05 bits per heavy atom. The Labute approximate surface area is 114 Å². The van der Waals surface area contributed by atoms with Gasteiger partial charge in [-0.15, -0.1) is 0 Å². The van der Waals surface area contributed by atoms with Crippen LogP contribution in [0.15, 0.2) is 42.5 Å². The molecule has 2 rings (SSSR count). The zero-order chi connectivity index (χ0) is 13.7. The summed E-state index contributed by atoms with van der Waals surface area (Å²) < 4.78 is 5.88. The highest BCUT2D eigenvalue weighted by atomic mass is 16.5. The minimum atomic E-state index is 0.423. The molecule has 0 aromatic heterocycles. The summed E-state index contributed by atoms with van der Waals surface area (Å²) in [7, 11) is 0. The second-order valence-electron chi connectivity index (χ2n) is 4.66. The van der Waals surface area contributed by atoms with Gasteiger partial charge in [0.1, 0.15) is 12.4 Å². The molecule has 0 atom stereocenters. The molecule has 0 unspecified atom stereocenters. The van der Waals surface area contributed by atoms with Crippen molar-refractivity contribution >= 4 is 0 Å². The van der Waals surface area contributed by atoms with E-state index in [9.17, 15) is 0 Å². The lowest BCUT2D eigenvalue weighted by Crippen LogP contribution is -2.01. The van der Waals surface area contributed by atoms with Gasteiger partial charge in [-0.3, -0.25) is 0 Å². The lowest BCUT2D eigenvalue weighted by molar-refractivity contribution is 0.303. The number of hydrogen-bond acceptors (Lipinski definition) is 2. The van der Waals surface area contributed by atoms with Crippen LogP contribution in [0.25, 0.3) is 0 Å². The van der Waals surface area contributed by atoms with E-state index >= 15 is 0 Å². The summed E-state index contributed by atoms with van der Waals surface area (Å²) in [6, 6.07) is 16.3. The third kappa shape index (κ3) is 3.35. The van der Waals surface area contributed by atoms with Crippen molar-refractivity contribution in [3.8, 4) is 11.8 Å². The largest absolute Gasteiger partial charge is 0.489 e. The van der Waals surface area contributed by atoms with Crippen molar-refractivity contribution in [2.75, 3.05) is 0 Å². The molecule has 0 aliphatic carbocycles. The molecule has 0 amide bonds. The van der Waals surface area contributed by atoms with E-state index in [0.717, 1.165) is 22.4 Å². The predicted octanol–water partition coefficient (Wildman–Crippen LogP) is 3.95. The maximum absolute atomic E-state index is 8.82. The number of benzene rings is 2. The highest BCUT2D eigenvalue weighted by molar-refractivity contribution is 5.36. The zero-order valence-electron chi connectivity index (χ0n) is 11.3. The maximum atomic E-state index is 8.82. The Hall–Kier alpha value is -2.27. The summed E-state index contributed by atoms with van der Waals surface area (Å²) in [6.07, 6.45) is 0.423. The fourth-order valence-electron chi connectivity index (χ4n) is 1.97. The van der Waals surface area contributed by atoms with E-state index in [1.54, 1.807) is 0 Å². The first-order valence-electron chi connectivity index (χ1n) is 6.34. The second-order valence-corrected chi connectivity index (χ2v) is 4.66. The molecular formula is C17H17NO.